The number of nitrogens with zero attached hydrogens (tertiary/aromatic N) is 2. The van der Waals surface area contributed by atoms with Gasteiger partial charge in [0.1, 0.15) is 5.75 Å². The molecule has 0 atom stereocenters. The predicted octanol–water partition coefficient (Wildman–Crippen LogP) is 5.65. The van der Waals surface area contributed by atoms with Crippen molar-refractivity contribution in [1.29, 1.82) is 0 Å². The number of rotatable bonds is 3. The van der Waals surface area contributed by atoms with Gasteiger partial charge in [-0.05, 0) is 56.1 Å². The minimum atomic E-state index is 0.435. The zero-order valence-corrected chi connectivity index (χ0v) is 15.3. The van der Waals surface area contributed by atoms with Crippen LogP contribution in [-0.2, 0) is 0 Å². The highest BCUT2D eigenvalue weighted by atomic mass is 79.9. The van der Waals surface area contributed by atoms with Crippen molar-refractivity contribution in [3.63, 3.8) is 0 Å². The van der Waals surface area contributed by atoms with Gasteiger partial charge in [-0.15, -0.1) is 11.3 Å². The van der Waals surface area contributed by atoms with E-state index < -0.39 is 0 Å². The molecule has 108 valence electrons. The first-order valence-corrected chi connectivity index (χ1v) is 8.49. The fourth-order valence-corrected chi connectivity index (χ4v) is 3.87. The van der Waals surface area contributed by atoms with Crippen LogP contribution in [-0.4, -0.2) is 17.3 Å². The first kappa shape index (κ1) is 15.0. The fourth-order valence-electron chi connectivity index (χ4n) is 1.74. The smallest absolute Gasteiger partial charge is 0.268 e. The highest BCUT2D eigenvalue weighted by Gasteiger charge is 2.17. The van der Waals surface area contributed by atoms with E-state index in [-0.39, 0.29) is 0 Å². The Morgan fingerprint density at radius 2 is 2.10 bits per heavy atom. The summed E-state index contributed by atoms with van der Waals surface area (Å²) in [6.07, 6.45) is 0. The Bertz CT molecular complexity index is 784. The molecule has 0 aliphatic heterocycles. The SMILES string of the molecule is COc1ccc(Cl)cc1-c1noc(-c2cc(Br)c(Br)s2)n1. The quantitative estimate of drug-likeness (QED) is 0.517. The zero-order chi connectivity index (χ0) is 15.0. The van der Waals surface area contributed by atoms with Crippen molar-refractivity contribution < 1.29 is 9.26 Å². The topological polar surface area (TPSA) is 48.2 Å². The minimum absolute atomic E-state index is 0.435. The first-order valence-electron chi connectivity index (χ1n) is 5.71. The molecule has 0 unspecified atom stereocenters. The van der Waals surface area contributed by atoms with Gasteiger partial charge in [0.15, 0.2) is 0 Å². The average Bonchev–Trinajstić information content (AvgIpc) is 3.07. The molecule has 8 heteroatoms. The summed E-state index contributed by atoms with van der Waals surface area (Å²) in [7, 11) is 1.58. The molecular formula is C13H7Br2ClN2O2S. The van der Waals surface area contributed by atoms with E-state index in [0.717, 1.165) is 13.1 Å². The Hall–Kier alpha value is -0.890. The number of benzene rings is 1. The van der Waals surface area contributed by atoms with Gasteiger partial charge >= 0.3 is 0 Å². The van der Waals surface area contributed by atoms with Crippen LogP contribution in [0.2, 0.25) is 5.02 Å². The molecule has 4 nitrogen and oxygen atoms in total. The zero-order valence-electron chi connectivity index (χ0n) is 10.6. The highest BCUT2D eigenvalue weighted by molar-refractivity contribution is 9.13. The maximum Gasteiger partial charge on any atom is 0.268 e. The molecule has 2 aromatic heterocycles. The highest BCUT2D eigenvalue weighted by Crippen LogP contribution is 2.38. The molecule has 0 bridgehead atoms. The van der Waals surface area contributed by atoms with Crippen LogP contribution in [0.4, 0.5) is 0 Å². The third-order valence-corrected chi connectivity index (χ3v) is 6.16. The Labute approximate surface area is 146 Å². The van der Waals surface area contributed by atoms with E-state index in [2.05, 4.69) is 42.0 Å². The van der Waals surface area contributed by atoms with Crippen LogP contribution in [0.25, 0.3) is 22.2 Å². The second-order valence-electron chi connectivity index (χ2n) is 4.00. The number of halogens is 3. The maximum atomic E-state index is 6.02. The molecule has 0 radical (unpaired) electrons. The van der Waals surface area contributed by atoms with Crippen molar-refractivity contribution in [3.8, 4) is 27.9 Å². The Balaban J connectivity index is 2.04. The molecule has 3 aromatic rings. The Kier molecular flexibility index (Phi) is 4.35. The molecule has 0 saturated heterocycles. The number of hydrogen-bond acceptors (Lipinski definition) is 5. The first-order chi connectivity index (χ1) is 10.1. The van der Waals surface area contributed by atoms with Gasteiger partial charge in [-0.1, -0.05) is 16.8 Å². The van der Waals surface area contributed by atoms with Gasteiger partial charge in [0.25, 0.3) is 5.89 Å². The second-order valence-corrected chi connectivity index (χ2v) is 7.66. The average molecular weight is 451 g/mol. The summed E-state index contributed by atoms with van der Waals surface area (Å²) in [6, 6.07) is 7.18. The van der Waals surface area contributed by atoms with E-state index in [9.17, 15) is 0 Å². The lowest BCUT2D eigenvalue weighted by atomic mass is 10.2. The van der Waals surface area contributed by atoms with E-state index >= 15 is 0 Å². The Morgan fingerprint density at radius 1 is 1.29 bits per heavy atom. The van der Waals surface area contributed by atoms with E-state index in [1.807, 2.05) is 6.07 Å². The third-order valence-electron chi connectivity index (χ3n) is 2.68. The van der Waals surface area contributed by atoms with Crippen LogP contribution in [0.15, 0.2) is 37.0 Å². The van der Waals surface area contributed by atoms with Crippen LogP contribution >= 0.6 is 54.8 Å². The Morgan fingerprint density at radius 3 is 2.76 bits per heavy atom. The van der Waals surface area contributed by atoms with Gasteiger partial charge < -0.3 is 9.26 Å². The number of ether oxygens (including phenoxy) is 1. The molecule has 0 fully saturated rings. The van der Waals surface area contributed by atoms with Crippen LogP contribution < -0.4 is 4.74 Å². The summed E-state index contributed by atoms with van der Waals surface area (Å²) >= 11 is 14.4. The fraction of sp³-hybridized carbons (Fsp3) is 0.0769. The summed E-state index contributed by atoms with van der Waals surface area (Å²) in [6.45, 7) is 0. The molecule has 0 saturated carbocycles. The van der Waals surface area contributed by atoms with Crippen LogP contribution in [0.3, 0.4) is 0 Å². The van der Waals surface area contributed by atoms with Gasteiger partial charge in [-0.25, -0.2) is 0 Å². The van der Waals surface area contributed by atoms with Gasteiger partial charge in [-0.3, -0.25) is 0 Å². The molecule has 0 aliphatic carbocycles. The van der Waals surface area contributed by atoms with Crippen LogP contribution in [0.1, 0.15) is 0 Å². The van der Waals surface area contributed by atoms with Crippen LogP contribution in [0.5, 0.6) is 5.75 Å². The van der Waals surface area contributed by atoms with Crippen molar-refractivity contribution in [2.75, 3.05) is 7.11 Å². The predicted molar refractivity (Wildman–Crippen MR) is 90.0 cm³/mol. The van der Waals surface area contributed by atoms with Gasteiger partial charge in [0, 0.05) is 9.50 Å². The summed E-state index contributed by atoms with van der Waals surface area (Å²) in [5.74, 6) is 1.52. The molecular weight excluding hydrogens is 443 g/mol. The van der Waals surface area contributed by atoms with Crippen molar-refractivity contribution >= 4 is 54.8 Å². The van der Waals surface area contributed by atoms with Gasteiger partial charge in [0.05, 0.1) is 21.3 Å². The lowest BCUT2D eigenvalue weighted by Crippen LogP contribution is -1.89. The molecule has 1 aromatic carbocycles. The van der Waals surface area contributed by atoms with Gasteiger partial charge in [-0.2, -0.15) is 4.98 Å². The molecule has 0 spiro atoms. The molecule has 0 amide bonds. The van der Waals surface area contributed by atoms with Gasteiger partial charge in [0.2, 0.25) is 5.82 Å². The van der Waals surface area contributed by atoms with Crippen molar-refractivity contribution in [1.82, 2.24) is 10.1 Å². The van der Waals surface area contributed by atoms with E-state index in [4.69, 9.17) is 20.9 Å². The molecule has 2 heterocycles. The second kappa shape index (κ2) is 6.08. The van der Waals surface area contributed by atoms with Crippen molar-refractivity contribution in [2.24, 2.45) is 0 Å². The largest absolute Gasteiger partial charge is 0.496 e. The molecule has 21 heavy (non-hydrogen) atoms. The summed E-state index contributed by atoms with van der Waals surface area (Å²) in [4.78, 5) is 5.28. The summed E-state index contributed by atoms with van der Waals surface area (Å²) < 4.78 is 12.5. The standard InChI is InChI=1S/C13H7Br2ClN2O2S/c1-19-9-3-2-6(16)4-7(9)12-17-13(20-18-12)10-5-8(14)11(15)21-10/h2-5H,1H3. The molecule has 0 aliphatic rings. The summed E-state index contributed by atoms with van der Waals surface area (Å²) in [5, 5.41) is 4.58. The number of methoxy groups -OCH3 is 1. The van der Waals surface area contributed by atoms with E-state index in [1.165, 1.54) is 11.3 Å². The number of aromatic nitrogens is 2. The number of thiophene rings is 1. The monoisotopic (exact) mass is 448 g/mol. The normalized spacial score (nSPS) is 10.9. The third kappa shape index (κ3) is 3.01. The lowest BCUT2D eigenvalue weighted by Gasteiger charge is -2.04. The van der Waals surface area contributed by atoms with Crippen molar-refractivity contribution in [3.05, 3.63) is 37.5 Å². The minimum Gasteiger partial charge on any atom is -0.496 e. The van der Waals surface area contributed by atoms with E-state index in [0.29, 0.717) is 28.1 Å². The summed E-state index contributed by atoms with van der Waals surface area (Å²) in [5.41, 5.74) is 0.690. The molecule has 3 rings (SSSR count). The molecule has 0 N–H and O–H groups in total. The number of hydrogen-bond donors (Lipinski definition) is 0. The van der Waals surface area contributed by atoms with E-state index in [1.54, 1.807) is 25.3 Å². The van der Waals surface area contributed by atoms with Crippen molar-refractivity contribution in [2.45, 2.75) is 0 Å². The maximum absolute atomic E-state index is 6.02. The lowest BCUT2D eigenvalue weighted by molar-refractivity contribution is 0.413. The van der Waals surface area contributed by atoms with Crippen LogP contribution in [0, 0.1) is 0 Å².